The van der Waals surface area contributed by atoms with Crippen molar-refractivity contribution >= 4 is 23.4 Å². The van der Waals surface area contributed by atoms with Crippen molar-refractivity contribution in [1.29, 1.82) is 0 Å². The van der Waals surface area contributed by atoms with Gasteiger partial charge in [-0.1, -0.05) is 103 Å². The van der Waals surface area contributed by atoms with Crippen molar-refractivity contribution in [3.05, 3.63) is 137 Å². The number of likely N-dealkylation sites (tertiary alicyclic amines) is 3. The lowest BCUT2D eigenvalue weighted by Gasteiger charge is -2.52. The Morgan fingerprint density at radius 1 is 0.618 bits per heavy atom. The highest BCUT2D eigenvalue weighted by atomic mass is 35.5. The molecule has 1 amide bonds. The van der Waals surface area contributed by atoms with E-state index in [0.29, 0.717) is 69.2 Å². The van der Waals surface area contributed by atoms with Crippen molar-refractivity contribution in [2.24, 2.45) is 5.41 Å². The molecule has 4 aromatic carbocycles. The number of piperidine rings is 3. The fourth-order valence-corrected chi connectivity index (χ4v) is 9.20. The topological polar surface area (TPSA) is 48.1 Å². The molecule has 6 atom stereocenters. The molecule has 10 heteroatoms. The van der Waals surface area contributed by atoms with Gasteiger partial charge in [0.05, 0.1) is 0 Å². The maximum absolute atomic E-state index is 18.2. The van der Waals surface area contributed by atoms with E-state index in [1.165, 1.54) is 0 Å². The van der Waals surface area contributed by atoms with Gasteiger partial charge in [-0.2, -0.15) is 0 Å². The number of halogens is 4. The van der Waals surface area contributed by atoms with E-state index in [2.05, 4.69) is 5.32 Å². The summed E-state index contributed by atoms with van der Waals surface area (Å²) >= 11 is 6.06. The number of nitrogens with one attached hydrogen (secondary N) is 1. The van der Waals surface area contributed by atoms with Crippen molar-refractivity contribution in [3.8, 4) is 0 Å². The maximum Gasteiger partial charge on any atom is 0.411 e. The summed E-state index contributed by atoms with van der Waals surface area (Å²) in [6.45, 7) is 1.08. The van der Waals surface area contributed by atoms with E-state index in [1.54, 1.807) is 39.0 Å². The summed E-state index contributed by atoms with van der Waals surface area (Å²) in [5.74, 6) is -0.0249. The Bertz CT molecular complexity index is 1630. The highest BCUT2D eigenvalue weighted by molar-refractivity contribution is 6.30. The quantitative estimate of drug-likeness (QED) is 0.145. The Labute approximate surface area is 328 Å². The number of amides is 1. The summed E-state index contributed by atoms with van der Waals surface area (Å²) in [6.07, 6.45) is -2.72. The van der Waals surface area contributed by atoms with E-state index >= 15 is 13.2 Å². The summed E-state index contributed by atoms with van der Waals surface area (Å²) in [5.41, 5.74) is 1.20. The lowest BCUT2D eigenvalue weighted by molar-refractivity contribution is -0.218. The number of carbonyl (C=O) groups excluding carboxylic acids is 1. The summed E-state index contributed by atoms with van der Waals surface area (Å²) in [7, 11) is 0. The van der Waals surface area contributed by atoms with Crippen LogP contribution in [0.4, 0.5) is 23.7 Å². The van der Waals surface area contributed by atoms with Crippen LogP contribution in [-0.4, -0.2) is 85.6 Å². The second kappa shape index (κ2) is 18.4. The van der Waals surface area contributed by atoms with Gasteiger partial charge in [-0.15, -0.1) is 0 Å². The van der Waals surface area contributed by atoms with Crippen LogP contribution in [0.15, 0.2) is 115 Å². The number of alkyl halides is 3. The third kappa shape index (κ3) is 9.23. The van der Waals surface area contributed by atoms with Crippen LogP contribution in [0.3, 0.4) is 0 Å². The van der Waals surface area contributed by atoms with Crippen LogP contribution in [0, 0.1) is 5.41 Å². The molecular weight excluding hydrogens is 721 g/mol. The van der Waals surface area contributed by atoms with Gasteiger partial charge in [0, 0.05) is 50.0 Å². The van der Waals surface area contributed by atoms with Crippen LogP contribution >= 0.6 is 11.6 Å². The molecule has 4 aromatic rings. The smallest absolute Gasteiger partial charge is 0.411 e. The fraction of sp³-hybridized carbons (Fsp3) is 0.444. The molecule has 3 aliphatic rings. The van der Waals surface area contributed by atoms with Gasteiger partial charge >= 0.3 is 6.09 Å². The third-order valence-corrected chi connectivity index (χ3v) is 12.3. The Hall–Kier alpha value is -3.89. The largest absolute Gasteiger partial charge is 0.448 e. The average molecular weight is 773 g/mol. The zero-order valence-corrected chi connectivity index (χ0v) is 32.1. The monoisotopic (exact) mass is 772 g/mol. The minimum absolute atomic E-state index is 0.00830. The third-order valence-electron chi connectivity index (χ3n) is 12.0. The second-order valence-electron chi connectivity index (χ2n) is 15.6. The van der Waals surface area contributed by atoms with E-state index in [0.717, 1.165) is 36.0 Å². The predicted octanol–water partition coefficient (Wildman–Crippen LogP) is 10.4. The van der Waals surface area contributed by atoms with Crippen molar-refractivity contribution in [3.63, 3.8) is 0 Å². The summed E-state index contributed by atoms with van der Waals surface area (Å²) in [5, 5.41) is 3.14. The minimum atomic E-state index is -2.41. The average Bonchev–Trinajstić information content (AvgIpc) is 3.25. The summed E-state index contributed by atoms with van der Waals surface area (Å²) < 4.78 is 60.5. The summed E-state index contributed by atoms with van der Waals surface area (Å²) in [6, 6.07) is 36.3. The first-order valence-corrected chi connectivity index (χ1v) is 20.2. The molecule has 3 heterocycles. The van der Waals surface area contributed by atoms with Gasteiger partial charge < -0.3 is 4.74 Å². The van der Waals surface area contributed by atoms with Gasteiger partial charge in [-0.05, 0) is 97.2 Å². The van der Waals surface area contributed by atoms with Gasteiger partial charge in [-0.25, -0.2) is 18.0 Å². The Morgan fingerprint density at radius 2 is 0.982 bits per heavy atom. The zero-order chi connectivity index (χ0) is 38.2. The molecule has 7 rings (SSSR count). The fourth-order valence-electron chi connectivity index (χ4n) is 9.07. The van der Waals surface area contributed by atoms with Crippen LogP contribution in [-0.2, 0) is 4.74 Å². The normalized spacial score (nSPS) is 24.3. The van der Waals surface area contributed by atoms with Crippen molar-refractivity contribution in [2.75, 3.05) is 51.2 Å². The van der Waals surface area contributed by atoms with Gasteiger partial charge in [0.2, 0.25) is 0 Å². The van der Waals surface area contributed by atoms with Crippen molar-refractivity contribution in [1.82, 2.24) is 14.7 Å². The molecule has 3 fully saturated rings. The molecular formula is C45H52ClF3N4O2. The SMILES string of the molecule is O=C(Nc1ccc(Cl)cc1)OCC(C(F)N1CCCC(c2ccccc2)C1)(C(F)N1CCCC(c2ccccc2)C1)C(F)N1CCCC(c2ccccc2)C1. The first kappa shape index (κ1) is 39.3. The number of nitrogens with zero attached hydrogens (tertiary/aromatic N) is 3. The number of benzene rings is 4. The number of hydrogen-bond acceptors (Lipinski definition) is 5. The van der Waals surface area contributed by atoms with Gasteiger partial charge in [-0.3, -0.25) is 20.0 Å². The maximum atomic E-state index is 18.2. The van der Waals surface area contributed by atoms with Crippen LogP contribution in [0.2, 0.25) is 5.02 Å². The van der Waals surface area contributed by atoms with E-state index < -0.39 is 37.0 Å². The van der Waals surface area contributed by atoms with E-state index in [1.807, 2.05) is 91.0 Å². The molecule has 0 radical (unpaired) electrons. The lowest BCUT2D eigenvalue weighted by atomic mass is 9.78. The van der Waals surface area contributed by atoms with Crippen molar-refractivity contribution < 1.29 is 22.7 Å². The molecule has 6 unspecified atom stereocenters. The number of anilines is 1. The van der Waals surface area contributed by atoms with Crippen LogP contribution in [0.1, 0.15) is 73.0 Å². The Morgan fingerprint density at radius 3 is 1.35 bits per heavy atom. The highest BCUT2D eigenvalue weighted by Gasteiger charge is 2.61. The molecule has 1 N–H and O–H groups in total. The molecule has 0 spiro atoms. The van der Waals surface area contributed by atoms with Crippen LogP contribution in [0.25, 0.3) is 0 Å². The first-order valence-electron chi connectivity index (χ1n) is 19.8. The molecule has 3 saturated heterocycles. The molecule has 0 aliphatic carbocycles. The zero-order valence-electron chi connectivity index (χ0n) is 31.3. The molecule has 0 bridgehead atoms. The minimum Gasteiger partial charge on any atom is -0.448 e. The number of carbonyl (C=O) groups is 1. The van der Waals surface area contributed by atoms with Gasteiger partial charge in [0.15, 0.2) is 18.9 Å². The van der Waals surface area contributed by atoms with Crippen molar-refractivity contribution in [2.45, 2.75) is 75.2 Å². The molecule has 0 aromatic heterocycles. The van der Waals surface area contributed by atoms with E-state index in [9.17, 15) is 4.79 Å². The van der Waals surface area contributed by atoms with Gasteiger partial charge in [0.1, 0.15) is 12.0 Å². The molecule has 292 valence electrons. The van der Waals surface area contributed by atoms with Crippen LogP contribution in [0.5, 0.6) is 0 Å². The lowest BCUT2D eigenvalue weighted by Crippen LogP contribution is -2.67. The Kier molecular flexibility index (Phi) is 13.1. The predicted molar refractivity (Wildman–Crippen MR) is 214 cm³/mol. The Balaban J connectivity index is 1.25. The second-order valence-corrected chi connectivity index (χ2v) is 16.0. The van der Waals surface area contributed by atoms with E-state index in [4.69, 9.17) is 16.3 Å². The number of hydrogen-bond donors (Lipinski definition) is 1. The standard InChI is InChI=1S/C45H52ClF3N4O2/c46-39-22-24-40(25-23-39)50-44(54)55-32-45(41(47)51-26-10-19-36(29-51)33-13-4-1-5-14-33,42(48)52-27-11-20-37(30-52)34-15-6-2-7-16-34)43(49)53-28-12-21-38(31-53)35-17-8-3-9-18-35/h1-9,13-18,22-25,36-38,41-43H,10-12,19-21,26-32H2,(H,50,54). The number of ether oxygens (including phenoxy) is 1. The molecule has 0 saturated carbocycles. The van der Waals surface area contributed by atoms with E-state index in [-0.39, 0.29) is 17.8 Å². The summed E-state index contributed by atoms with van der Waals surface area (Å²) in [4.78, 5) is 18.3. The highest BCUT2D eigenvalue weighted by Crippen LogP contribution is 2.47. The first-order chi connectivity index (χ1) is 26.8. The molecule has 3 aliphatic heterocycles. The van der Waals surface area contributed by atoms with Crippen LogP contribution < -0.4 is 5.32 Å². The van der Waals surface area contributed by atoms with Gasteiger partial charge in [0.25, 0.3) is 0 Å². The number of rotatable bonds is 12. The molecule has 55 heavy (non-hydrogen) atoms. The molecule has 6 nitrogen and oxygen atoms in total.